The summed E-state index contributed by atoms with van der Waals surface area (Å²) >= 11 is 0. The molecule has 0 radical (unpaired) electrons. The number of carboxylic acids is 1. The summed E-state index contributed by atoms with van der Waals surface area (Å²) in [6.07, 6.45) is -11.5. The van der Waals surface area contributed by atoms with Crippen molar-refractivity contribution < 1.29 is 53.8 Å². The van der Waals surface area contributed by atoms with Crippen LogP contribution in [-0.2, 0) is 29.8 Å². The molecule has 1 amide bonds. The molecule has 1 unspecified atom stereocenters. The zero-order chi connectivity index (χ0) is 32.9. The molecule has 1 N–H and O–H groups in total. The molecule has 1 atom stereocenters. The lowest BCUT2D eigenvalue weighted by Crippen LogP contribution is -2.50. The molecular weight excluding hydrogens is 619 g/mol. The van der Waals surface area contributed by atoms with Gasteiger partial charge in [-0.2, -0.15) is 26.3 Å². The first kappa shape index (κ1) is 33.7. The van der Waals surface area contributed by atoms with Gasteiger partial charge in [0.1, 0.15) is 4.75 Å². The lowest BCUT2D eigenvalue weighted by Gasteiger charge is -2.40. The highest BCUT2D eigenvalue weighted by Crippen LogP contribution is 2.54. The number of halogens is 7. The molecule has 242 valence electrons. The maximum atomic E-state index is 14.8. The van der Waals surface area contributed by atoms with Crippen LogP contribution in [0.2, 0.25) is 0 Å². The Bertz CT molecular complexity index is 1500. The number of hydrogen-bond donors (Lipinski definition) is 1. The highest BCUT2D eigenvalue weighted by molar-refractivity contribution is 7.92. The topological polar surface area (TPSA) is 91.8 Å². The lowest BCUT2D eigenvalue weighted by atomic mass is 9.68. The molecule has 1 heterocycles. The van der Waals surface area contributed by atoms with E-state index in [0.29, 0.717) is 12.0 Å². The van der Waals surface area contributed by atoms with Crippen LogP contribution in [0.4, 0.5) is 30.7 Å². The van der Waals surface area contributed by atoms with E-state index in [1.54, 1.807) is 19.9 Å². The molecule has 0 aromatic heterocycles. The van der Waals surface area contributed by atoms with Crippen LogP contribution >= 0.6 is 0 Å². The molecule has 0 spiro atoms. The van der Waals surface area contributed by atoms with Crippen LogP contribution in [0.1, 0.15) is 62.1 Å². The monoisotopic (exact) mass is 651 g/mol. The normalized spacial score (nSPS) is 25.2. The van der Waals surface area contributed by atoms with Crippen molar-refractivity contribution in [1.29, 1.82) is 0 Å². The molecule has 6 nitrogen and oxygen atoms in total. The number of alkyl halides is 7. The van der Waals surface area contributed by atoms with E-state index in [-0.39, 0.29) is 61.2 Å². The predicted molar refractivity (Wildman–Crippen MR) is 145 cm³/mol. The zero-order valence-corrected chi connectivity index (χ0v) is 24.8. The molecule has 1 saturated carbocycles. The van der Waals surface area contributed by atoms with Crippen molar-refractivity contribution in [2.24, 2.45) is 11.3 Å². The third-order valence-electron chi connectivity index (χ3n) is 9.35. The van der Waals surface area contributed by atoms with Crippen molar-refractivity contribution in [3.05, 3.63) is 65.2 Å². The number of benzene rings is 2. The first-order valence-electron chi connectivity index (χ1n) is 14.0. The molecule has 0 bridgehead atoms. The molecule has 2 aliphatic rings. The highest BCUT2D eigenvalue weighted by Gasteiger charge is 2.73. The first-order chi connectivity index (χ1) is 20.3. The molecule has 2 aromatic carbocycles. The number of sulfone groups is 1. The number of carboxylic acid groups (broad SMARTS) is 1. The summed E-state index contributed by atoms with van der Waals surface area (Å²) in [4.78, 5) is 26.6. The second-order valence-electron chi connectivity index (χ2n) is 11.8. The summed E-state index contributed by atoms with van der Waals surface area (Å²) in [5, 5.41) is 9.39. The maximum Gasteiger partial charge on any atom is 0.435 e. The fraction of sp³-hybridized carbons (Fsp3) is 0.533. The molecular formula is C30H32F7NO5S. The molecule has 4 rings (SSSR count). The number of carbonyl (C=O) groups excluding carboxylic acids is 1. The number of likely N-dealkylation sites (tertiary alicyclic amines) is 1. The largest absolute Gasteiger partial charge is 0.481 e. The average molecular weight is 652 g/mol. The van der Waals surface area contributed by atoms with Crippen molar-refractivity contribution >= 4 is 21.7 Å². The van der Waals surface area contributed by atoms with E-state index >= 15 is 0 Å². The van der Waals surface area contributed by atoms with Crippen LogP contribution in [0.3, 0.4) is 0 Å². The van der Waals surface area contributed by atoms with Crippen LogP contribution < -0.4 is 0 Å². The second-order valence-corrected chi connectivity index (χ2v) is 14.0. The van der Waals surface area contributed by atoms with Crippen LogP contribution in [0, 0.1) is 18.3 Å². The maximum absolute atomic E-state index is 14.8. The zero-order valence-electron chi connectivity index (χ0n) is 23.9. The Balaban J connectivity index is 1.79. The number of aliphatic carboxylic acids is 1. The molecule has 1 saturated heterocycles. The minimum atomic E-state index is -6.34. The smallest absolute Gasteiger partial charge is 0.435 e. The van der Waals surface area contributed by atoms with E-state index in [4.69, 9.17) is 0 Å². The van der Waals surface area contributed by atoms with Gasteiger partial charge in [-0.05, 0) is 68.7 Å². The number of carbonyl (C=O) groups is 2. The van der Waals surface area contributed by atoms with Gasteiger partial charge in [-0.25, -0.2) is 12.8 Å². The fourth-order valence-electron chi connectivity index (χ4n) is 6.54. The predicted octanol–water partition coefficient (Wildman–Crippen LogP) is 6.86. The molecule has 2 aromatic rings. The summed E-state index contributed by atoms with van der Waals surface area (Å²) in [7, 11) is -4.43. The fourth-order valence-corrected chi connectivity index (χ4v) is 8.72. The van der Waals surface area contributed by atoms with Gasteiger partial charge in [-0.3, -0.25) is 9.59 Å². The van der Waals surface area contributed by atoms with Gasteiger partial charge in [0.2, 0.25) is 5.91 Å². The van der Waals surface area contributed by atoms with E-state index in [0.717, 1.165) is 12.1 Å². The van der Waals surface area contributed by atoms with Gasteiger partial charge in [-0.1, -0.05) is 43.3 Å². The van der Waals surface area contributed by atoms with Gasteiger partial charge in [0, 0.05) is 24.1 Å². The Morgan fingerprint density at radius 3 is 1.98 bits per heavy atom. The van der Waals surface area contributed by atoms with Crippen molar-refractivity contribution in [2.45, 2.75) is 80.0 Å². The Kier molecular flexibility index (Phi) is 8.68. The van der Waals surface area contributed by atoms with E-state index < -0.39 is 67.9 Å². The number of rotatable bonds is 7. The van der Waals surface area contributed by atoms with Gasteiger partial charge < -0.3 is 10.0 Å². The van der Waals surface area contributed by atoms with Crippen molar-refractivity contribution in [1.82, 2.24) is 4.90 Å². The third kappa shape index (κ3) is 5.36. The number of hydrogen-bond acceptors (Lipinski definition) is 4. The van der Waals surface area contributed by atoms with Gasteiger partial charge in [0.25, 0.3) is 0 Å². The Hall–Kier alpha value is -3.16. The summed E-state index contributed by atoms with van der Waals surface area (Å²) in [6.45, 7) is 2.87. The van der Waals surface area contributed by atoms with Gasteiger partial charge in [-0.15, -0.1) is 0 Å². The van der Waals surface area contributed by atoms with Gasteiger partial charge >= 0.3 is 24.0 Å². The van der Waals surface area contributed by atoms with Crippen LogP contribution in [0.5, 0.6) is 0 Å². The van der Waals surface area contributed by atoms with E-state index in [9.17, 15) is 53.8 Å². The lowest BCUT2D eigenvalue weighted by molar-refractivity contribution is -0.348. The van der Waals surface area contributed by atoms with Crippen LogP contribution in [-0.4, -0.2) is 55.7 Å². The Labute approximate surface area is 250 Å². The van der Waals surface area contributed by atoms with Crippen LogP contribution in [0.25, 0.3) is 0 Å². The summed E-state index contributed by atoms with van der Waals surface area (Å²) < 4.78 is 122. The molecule has 2 fully saturated rings. The SMILES string of the molecule is CCC1(C(=O)N2CCC(c3ccc(C(F)(C(F)(F)F)C(F)(F)F)cc3)(S(=O)(=O)c3cccc(C)c3)C2)CCC(C(=O)O)CC1. The molecule has 1 aliphatic heterocycles. The number of amides is 1. The molecule has 1 aliphatic carbocycles. The Morgan fingerprint density at radius 1 is 0.932 bits per heavy atom. The summed E-state index contributed by atoms with van der Waals surface area (Å²) in [5.41, 5.74) is -8.02. The average Bonchev–Trinajstić information content (AvgIpc) is 3.42. The van der Waals surface area contributed by atoms with Gasteiger partial charge in [0.15, 0.2) is 9.84 Å². The molecule has 44 heavy (non-hydrogen) atoms. The van der Waals surface area contributed by atoms with E-state index in [2.05, 4.69) is 0 Å². The first-order valence-corrected chi connectivity index (χ1v) is 15.5. The van der Waals surface area contributed by atoms with Gasteiger partial charge in [0.05, 0.1) is 10.8 Å². The van der Waals surface area contributed by atoms with Crippen molar-refractivity contribution in [3.8, 4) is 0 Å². The molecule has 14 heteroatoms. The van der Waals surface area contributed by atoms with E-state index in [1.807, 2.05) is 0 Å². The van der Waals surface area contributed by atoms with Crippen LogP contribution in [0.15, 0.2) is 53.4 Å². The standard InChI is InChI=1S/C30H32F7NO5S/c1-3-26(13-11-20(12-14-26)24(39)40)25(41)38-16-15-27(18-38,44(42,43)23-6-4-5-19(2)17-23)21-7-9-22(10-8-21)28(31,29(32,33)34)30(35,36)37/h4-10,17,20H,3,11-16,18H2,1-2H3,(H,39,40). The third-order valence-corrected chi connectivity index (χ3v) is 11.8. The quantitative estimate of drug-likeness (QED) is 0.331. The minimum Gasteiger partial charge on any atom is -0.481 e. The Morgan fingerprint density at radius 2 is 1.50 bits per heavy atom. The highest BCUT2D eigenvalue weighted by atomic mass is 32.2. The number of nitrogens with zero attached hydrogens (tertiary/aromatic N) is 1. The minimum absolute atomic E-state index is 0.0894. The van der Waals surface area contributed by atoms with Crippen molar-refractivity contribution in [2.75, 3.05) is 13.1 Å². The number of aryl methyl sites for hydroxylation is 1. The second kappa shape index (κ2) is 11.3. The van der Waals surface area contributed by atoms with E-state index in [1.165, 1.54) is 23.1 Å². The summed E-state index contributed by atoms with van der Waals surface area (Å²) in [6, 6.07) is 7.86. The summed E-state index contributed by atoms with van der Waals surface area (Å²) in [5.74, 6) is -1.97. The van der Waals surface area contributed by atoms with Crippen molar-refractivity contribution in [3.63, 3.8) is 0 Å².